The Hall–Kier alpha value is -2.52. The number of nitriles is 1. The number of rotatable bonds is 6. The fourth-order valence-electron chi connectivity index (χ4n) is 5.34. The number of likely N-dealkylation sites (tertiary alicyclic amines) is 1. The smallest absolute Gasteiger partial charge is 0.320 e. The highest BCUT2D eigenvalue weighted by molar-refractivity contribution is 6.35. The molecule has 1 fully saturated rings. The number of benzene rings is 2. The highest BCUT2D eigenvalue weighted by atomic mass is 35.5. The summed E-state index contributed by atoms with van der Waals surface area (Å²) in [6.07, 6.45) is 6.28. The second-order valence-corrected chi connectivity index (χ2v) is 11.0. The van der Waals surface area contributed by atoms with Crippen LogP contribution in [0, 0.1) is 16.7 Å². The molecule has 184 valence electrons. The largest absolute Gasteiger partial charge is 0.322 e. The van der Waals surface area contributed by atoms with Gasteiger partial charge in [0, 0.05) is 34.9 Å². The molecule has 1 saturated heterocycles. The van der Waals surface area contributed by atoms with E-state index in [1.54, 1.807) is 18.2 Å². The molecule has 0 spiro atoms. The van der Waals surface area contributed by atoms with E-state index in [1.165, 1.54) is 18.4 Å². The Kier molecular flexibility index (Phi) is 8.06. The molecule has 1 atom stereocenters. The van der Waals surface area contributed by atoms with Gasteiger partial charge in [-0.2, -0.15) is 5.26 Å². The first kappa shape index (κ1) is 25.6. The molecule has 0 bridgehead atoms. The minimum atomic E-state index is -0.150. The lowest BCUT2D eigenvalue weighted by molar-refractivity contribution is 0.154. The monoisotopic (exact) mass is 510 g/mol. The normalized spacial score (nSPS) is 19.6. The van der Waals surface area contributed by atoms with Crippen molar-refractivity contribution >= 4 is 40.5 Å². The summed E-state index contributed by atoms with van der Waals surface area (Å²) in [5.74, 6) is 0. The molecule has 2 amide bonds. The van der Waals surface area contributed by atoms with Crippen LogP contribution >= 0.6 is 23.2 Å². The molecule has 1 heterocycles. The number of nitrogens with one attached hydrogen (secondary N) is 1. The Bertz CT molecular complexity index is 1130. The van der Waals surface area contributed by atoms with E-state index in [-0.39, 0.29) is 17.5 Å². The van der Waals surface area contributed by atoms with Crippen LogP contribution in [0.3, 0.4) is 0 Å². The highest BCUT2D eigenvalue weighted by Crippen LogP contribution is 2.44. The minimum Gasteiger partial charge on any atom is -0.320 e. The average molecular weight is 511 g/mol. The molecule has 5 nitrogen and oxygen atoms in total. The number of amides is 2. The predicted molar refractivity (Wildman–Crippen MR) is 144 cm³/mol. The third-order valence-corrected chi connectivity index (χ3v) is 7.48. The number of allylic oxidation sites excluding steroid dienone is 1. The highest BCUT2D eigenvalue weighted by Gasteiger charge is 2.36. The second kappa shape index (κ2) is 11.0. The number of anilines is 1. The number of hydrogen-bond acceptors (Lipinski definition) is 3. The van der Waals surface area contributed by atoms with Gasteiger partial charge in [-0.05, 0) is 85.7 Å². The van der Waals surface area contributed by atoms with Gasteiger partial charge in [0.2, 0.25) is 0 Å². The lowest BCUT2D eigenvalue weighted by Gasteiger charge is -2.42. The lowest BCUT2D eigenvalue weighted by Crippen LogP contribution is -2.48. The molecule has 0 radical (unpaired) electrons. The van der Waals surface area contributed by atoms with Crippen molar-refractivity contribution < 1.29 is 4.79 Å². The Balaban J connectivity index is 1.56. The summed E-state index contributed by atoms with van der Waals surface area (Å²) in [6, 6.07) is 15.0. The van der Waals surface area contributed by atoms with Crippen LogP contribution in [0.25, 0.3) is 5.57 Å². The van der Waals surface area contributed by atoms with E-state index < -0.39 is 0 Å². The molecule has 0 saturated carbocycles. The van der Waals surface area contributed by atoms with Crippen molar-refractivity contribution in [3.8, 4) is 6.07 Å². The maximum absolute atomic E-state index is 13.5. The number of hydrogen-bond donors (Lipinski definition) is 1. The Labute approximate surface area is 218 Å². The Morgan fingerprint density at radius 3 is 2.54 bits per heavy atom. The summed E-state index contributed by atoms with van der Waals surface area (Å²) < 4.78 is 0. The zero-order chi connectivity index (χ0) is 25.0. The van der Waals surface area contributed by atoms with E-state index in [4.69, 9.17) is 23.2 Å². The van der Waals surface area contributed by atoms with Gasteiger partial charge in [0.25, 0.3) is 0 Å². The fraction of sp³-hybridized carbons (Fsp3) is 0.429. The third-order valence-electron chi connectivity index (χ3n) is 7.04. The van der Waals surface area contributed by atoms with E-state index in [2.05, 4.69) is 42.3 Å². The van der Waals surface area contributed by atoms with Crippen LogP contribution in [0.15, 0.2) is 48.5 Å². The van der Waals surface area contributed by atoms with Crippen LogP contribution in [0.4, 0.5) is 10.5 Å². The summed E-state index contributed by atoms with van der Waals surface area (Å²) in [6.45, 7) is 8.15. The zero-order valence-corrected chi connectivity index (χ0v) is 21.9. The molecule has 1 aliphatic carbocycles. The fourth-order valence-corrected chi connectivity index (χ4v) is 5.87. The molecule has 1 unspecified atom stereocenters. The first-order valence-electron chi connectivity index (χ1n) is 12.2. The SMILES string of the molecule is CC1(C)CC(N(CCN2CCCC2)C(=O)Nc2cc(Cl)cc(Cl)c2)CC=C1c1cccc(C#N)c1. The zero-order valence-electron chi connectivity index (χ0n) is 20.4. The summed E-state index contributed by atoms with van der Waals surface area (Å²) >= 11 is 12.3. The van der Waals surface area contributed by atoms with Crippen LogP contribution < -0.4 is 5.32 Å². The van der Waals surface area contributed by atoms with Crippen LogP contribution in [-0.4, -0.2) is 48.1 Å². The van der Waals surface area contributed by atoms with Crippen molar-refractivity contribution in [2.75, 3.05) is 31.5 Å². The summed E-state index contributed by atoms with van der Waals surface area (Å²) in [5, 5.41) is 13.3. The van der Waals surface area contributed by atoms with E-state index in [1.807, 2.05) is 23.1 Å². The molecule has 7 heteroatoms. The van der Waals surface area contributed by atoms with Gasteiger partial charge in [-0.15, -0.1) is 0 Å². The number of carbonyl (C=O) groups excluding carboxylic acids is 1. The number of halogens is 2. The van der Waals surface area contributed by atoms with Crippen LogP contribution in [0.1, 0.15) is 50.7 Å². The average Bonchev–Trinajstić information content (AvgIpc) is 3.31. The van der Waals surface area contributed by atoms with Crippen molar-refractivity contribution in [3.05, 3.63) is 69.7 Å². The second-order valence-electron chi connectivity index (χ2n) is 10.1. The molecule has 4 rings (SSSR count). The third kappa shape index (κ3) is 6.38. The number of carbonyl (C=O) groups is 1. The minimum absolute atomic E-state index is 0.0603. The molecule has 35 heavy (non-hydrogen) atoms. The molecule has 1 N–H and O–H groups in total. The molecule has 0 aromatic heterocycles. The maximum Gasteiger partial charge on any atom is 0.322 e. The first-order valence-corrected chi connectivity index (χ1v) is 13.0. The standard InChI is InChI=1S/C28H32Cl2N4O/c1-28(2)18-25(8-9-26(28)21-7-5-6-20(14-21)19-31)34(13-12-33-10-3-4-11-33)27(35)32-24-16-22(29)15-23(30)17-24/h5-7,9,14-17,25H,3-4,8,10-13,18H2,1-2H3,(H,32,35). The van der Waals surface area contributed by atoms with Gasteiger partial charge in [-0.25, -0.2) is 4.79 Å². The summed E-state index contributed by atoms with van der Waals surface area (Å²) in [4.78, 5) is 17.9. The first-order chi connectivity index (χ1) is 16.7. The predicted octanol–water partition coefficient (Wildman–Crippen LogP) is 7.07. The van der Waals surface area contributed by atoms with Crippen LogP contribution in [0.5, 0.6) is 0 Å². The van der Waals surface area contributed by atoms with Crippen molar-refractivity contribution in [2.45, 2.75) is 45.6 Å². The van der Waals surface area contributed by atoms with Crippen molar-refractivity contribution in [3.63, 3.8) is 0 Å². The van der Waals surface area contributed by atoms with E-state index in [0.717, 1.165) is 38.0 Å². The summed E-state index contributed by atoms with van der Waals surface area (Å²) in [7, 11) is 0. The topological polar surface area (TPSA) is 59.4 Å². The Morgan fingerprint density at radius 1 is 1.17 bits per heavy atom. The van der Waals surface area contributed by atoms with Gasteiger partial charge in [0.15, 0.2) is 0 Å². The van der Waals surface area contributed by atoms with Crippen molar-refractivity contribution in [1.82, 2.24) is 9.80 Å². The van der Waals surface area contributed by atoms with Gasteiger partial charge in [-0.1, -0.05) is 55.3 Å². The van der Waals surface area contributed by atoms with Crippen LogP contribution in [0.2, 0.25) is 10.0 Å². The molecular weight excluding hydrogens is 479 g/mol. The Morgan fingerprint density at radius 2 is 1.89 bits per heavy atom. The van der Waals surface area contributed by atoms with E-state index in [9.17, 15) is 10.1 Å². The van der Waals surface area contributed by atoms with E-state index in [0.29, 0.717) is 27.8 Å². The number of urea groups is 1. The van der Waals surface area contributed by atoms with E-state index >= 15 is 0 Å². The molecule has 2 aromatic carbocycles. The van der Waals surface area contributed by atoms with Gasteiger partial charge in [0.1, 0.15) is 0 Å². The summed E-state index contributed by atoms with van der Waals surface area (Å²) in [5.41, 5.74) is 3.41. The van der Waals surface area contributed by atoms with Crippen molar-refractivity contribution in [1.29, 1.82) is 5.26 Å². The van der Waals surface area contributed by atoms with Crippen molar-refractivity contribution in [2.24, 2.45) is 5.41 Å². The molecule has 1 aliphatic heterocycles. The quantitative estimate of drug-likeness (QED) is 0.452. The molecule has 2 aromatic rings. The van der Waals surface area contributed by atoms with Gasteiger partial charge >= 0.3 is 6.03 Å². The van der Waals surface area contributed by atoms with Gasteiger partial charge in [-0.3, -0.25) is 0 Å². The van der Waals surface area contributed by atoms with Gasteiger partial charge in [0.05, 0.1) is 11.6 Å². The molecular formula is C28H32Cl2N4O. The van der Waals surface area contributed by atoms with Crippen LogP contribution in [-0.2, 0) is 0 Å². The van der Waals surface area contributed by atoms with Gasteiger partial charge < -0.3 is 15.1 Å². The molecule has 2 aliphatic rings. The lowest BCUT2D eigenvalue weighted by atomic mass is 9.71. The number of nitrogens with zero attached hydrogens (tertiary/aromatic N) is 3. The maximum atomic E-state index is 13.5.